The number of thiophene rings is 1. The molecule has 4 nitrogen and oxygen atoms in total. The molecule has 1 aliphatic carbocycles. The molecule has 0 radical (unpaired) electrons. The Labute approximate surface area is 129 Å². The molecular formula is C16H21N3OS. The third-order valence-electron chi connectivity index (χ3n) is 4.45. The van der Waals surface area contributed by atoms with E-state index in [9.17, 15) is 0 Å². The molecule has 21 heavy (non-hydrogen) atoms. The van der Waals surface area contributed by atoms with E-state index in [1.165, 1.54) is 46.3 Å². The Morgan fingerprint density at radius 1 is 1.14 bits per heavy atom. The lowest BCUT2D eigenvalue weighted by Gasteiger charge is -2.36. The summed E-state index contributed by atoms with van der Waals surface area (Å²) in [5.41, 5.74) is 1.52. The maximum absolute atomic E-state index is 5.86. The third kappa shape index (κ3) is 2.32. The molecule has 1 fully saturated rings. The van der Waals surface area contributed by atoms with Crippen LogP contribution in [0.15, 0.2) is 6.33 Å². The number of morpholine rings is 1. The number of ether oxygens (including phenoxy) is 1. The molecule has 5 heteroatoms. The summed E-state index contributed by atoms with van der Waals surface area (Å²) in [6.07, 6.45) is 7.25. The van der Waals surface area contributed by atoms with Crippen molar-refractivity contribution in [3.63, 3.8) is 0 Å². The molecule has 2 atom stereocenters. The Bertz CT molecular complexity index is 659. The fourth-order valence-electron chi connectivity index (χ4n) is 3.66. The van der Waals surface area contributed by atoms with Crippen molar-refractivity contribution in [2.24, 2.45) is 0 Å². The minimum absolute atomic E-state index is 0.258. The van der Waals surface area contributed by atoms with E-state index in [0.717, 1.165) is 18.9 Å². The van der Waals surface area contributed by atoms with Gasteiger partial charge in [-0.3, -0.25) is 0 Å². The van der Waals surface area contributed by atoms with E-state index >= 15 is 0 Å². The summed E-state index contributed by atoms with van der Waals surface area (Å²) in [5.74, 6) is 1.13. The molecule has 1 aliphatic heterocycles. The van der Waals surface area contributed by atoms with Crippen molar-refractivity contribution in [3.8, 4) is 0 Å². The highest BCUT2D eigenvalue weighted by Crippen LogP contribution is 2.39. The number of anilines is 1. The van der Waals surface area contributed by atoms with Gasteiger partial charge in [-0.05, 0) is 45.1 Å². The molecule has 0 N–H and O–H groups in total. The van der Waals surface area contributed by atoms with Gasteiger partial charge in [-0.15, -0.1) is 11.3 Å². The first-order valence-corrected chi connectivity index (χ1v) is 8.69. The predicted molar refractivity (Wildman–Crippen MR) is 86.3 cm³/mol. The van der Waals surface area contributed by atoms with Crippen LogP contribution in [0.4, 0.5) is 5.82 Å². The lowest BCUT2D eigenvalue weighted by Crippen LogP contribution is -2.46. The second-order valence-electron chi connectivity index (χ2n) is 6.25. The van der Waals surface area contributed by atoms with Gasteiger partial charge >= 0.3 is 0 Å². The smallest absolute Gasteiger partial charge is 0.141 e. The normalized spacial score (nSPS) is 26.1. The minimum Gasteiger partial charge on any atom is -0.372 e. The number of hydrogen-bond acceptors (Lipinski definition) is 5. The first-order valence-electron chi connectivity index (χ1n) is 7.88. The Hall–Kier alpha value is -1.20. The van der Waals surface area contributed by atoms with E-state index in [2.05, 4.69) is 28.7 Å². The van der Waals surface area contributed by atoms with Gasteiger partial charge in [0.05, 0.1) is 17.6 Å². The van der Waals surface area contributed by atoms with Crippen molar-refractivity contribution in [2.75, 3.05) is 18.0 Å². The van der Waals surface area contributed by atoms with Crippen LogP contribution in [0.2, 0.25) is 0 Å². The van der Waals surface area contributed by atoms with Crippen LogP contribution in [0.5, 0.6) is 0 Å². The fraction of sp³-hybridized carbons (Fsp3) is 0.625. The zero-order chi connectivity index (χ0) is 14.4. The molecule has 0 bridgehead atoms. The molecule has 2 aliphatic rings. The van der Waals surface area contributed by atoms with Gasteiger partial charge in [0.1, 0.15) is 17.0 Å². The Morgan fingerprint density at radius 2 is 1.90 bits per heavy atom. The number of aryl methyl sites for hydroxylation is 2. The van der Waals surface area contributed by atoms with Gasteiger partial charge in [0.25, 0.3) is 0 Å². The Kier molecular flexibility index (Phi) is 3.34. The highest BCUT2D eigenvalue weighted by molar-refractivity contribution is 7.19. The molecule has 0 unspecified atom stereocenters. The zero-order valence-electron chi connectivity index (χ0n) is 12.6. The van der Waals surface area contributed by atoms with Crippen molar-refractivity contribution < 1.29 is 4.74 Å². The molecule has 0 spiro atoms. The number of hydrogen-bond donors (Lipinski definition) is 0. The first-order chi connectivity index (χ1) is 10.2. The molecule has 3 heterocycles. The number of aromatic nitrogens is 2. The van der Waals surface area contributed by atoms with Crippen molar-refractivity contribution >= 4 is 27.4 Å². The fourth-order valence-corrected chi connectivity index (χ4v) is 4.89. The van der Waals surface area contributed by atoms with Crippen molar-refractivity contribution in [1.82, 2.24) is 9.97 Å². The van der Waals surface area contributed by atoms with Crippen molar-refractivity contribution in [1.29, 1.82) is 0 Å². The van der Waals surface area contributed by atoms with E-state index in [1.54, 1.807) is 6.33 Å². The standard InChI is InChI=1S/C16H21N3OS/c1-10-7-19(8-11(2)20-10)15-14-12-5-3-4-6-13(12)21-16(14)18-9-17-15/h9-11H,3-8H2,1-2H3/t10-,11+. The average molecular weight is 303 g/mol. The summed E-state index contributed by atoms with van der Waals surface area (Å²) in [5, 5.41) is 1.32. The predicted octanol–water partition coefficient (Wildman–Crippen LogP) is 3.18. The van der Waals surface area contributed by atoms with E-state index in [0.29, 0.717) is 0 Å². The molecule has 0 aromatic carbocycles. The average Bonchev–Trinajstić information content (AvgIpc) is 2.84. The van der Waals surface area contributed by atoms with Crippen LogP contribution < -0.4 is 4.90 Å². The Balaban J connectivity index is 1.83. The molecular weight excluding hydrogens is 282 g/mol. The van der Waals surface area contributed by atoms with Gasteiger partial charge in [-0.2, -0.15) is 0 Å². The van der Waals surface area contributed by atoms with Crippen LogP contribution in [-0.4, -0.2) is 35.3 Å². The molecule has 112 valence electrons. The monoisotopic (exact) mass is 303 g/mol. The molecule has 0 amide bonds. The lowest BCUT2D eigenvalue weighted by molar-refractivity contribution is -0.00537. The maximum atomic E-state index is 5.86. The minimum atomic E-state index is 0.258. The highest BCUT2D eigenvalue weighted by Gasteiger charge is 2.27. The molecule has 4 rings (SSSR count). The van der Waals surface area contributed by atoms with Gasteiger partial charge < -0.3 is 9.64 Å². The van der Waals surface area contributed by atoms with Gasteiger partial charge in [-0.1, -0.05) is 0 Å². The highest BCUT2D eigenvalue weighted by atomic mass is 32.1. The number of nitrogens with zero attached hydrogens (tertiary/aromatic N) is 3. The van der Waals surface area contributed by atoms with E-state index < -0.39 is 0 Å². The second kappa shape index (κ2) is 5.21. The van der Waals surface area contributed by atoms with Gasteiger partial charge in [0, 0.05) is 18.0 Å². The van der Waals surface area contributed by atoms with Crippen molar-refractivity contribution in [3.05, 3.63) is 16.8 Å². The molecule has 0 saturated carbocycles. The van der Waals surface area contributed by atoms with Gasteiger partial charge in [-0.25, -0.2) is 9.97 Å². The zero-order valence-corrected chi connectivity index (χ0v) is 13.4. The van der Waals surface area contributed by atoms with Crippen LogP contribution in [0.25, 0.3) is 10.2 Å². The lowest BCUT2D eigenvalue weighted by atomic mass is 9.97. The SMILES string of the molecule is C[C@@H]1CN(c2ncnc3sc4c(c23)CCCC4)C[C@H](C)O1. The topological polar surface area (TPSA) is 38.2 Å². The molecule has 2 aromatic heterocycles. The van der Waals surface area contributed by atoms with E-state index in [-0.39, 0.29) is 12.2 Å². The summed E-state index contributed by atoms with van der Waals surface area (Å²) < 4.78 is 5.86. The van der Waals surface area contributed by atoms with Crippen LogP contribution in [0.3, 0.4) is 0 Å². The first kappa shape index (κ1) is 13.5. The van der Waals surface area contributed by atoms with Crippen LogP contribution in [-0.2, 0) is 17.6 Å². The van der Waals surface area contributed by atoms with Gasteiger partial charge in [0.2, 0.25) is 0 Å². The maximum Gasteiger partial charge on any atom is 0.141 e. The number of rotatable bonds is 1. The van der Waals surface area contributed by atoms with Crippen LogP contribution in [0.1, 0.15) is 37.1 Å². The largest absolute Gasteiger partial charge is 0.372 e. The summed E-state index contributed by atoms with van der Waals surface area (Å²) >= 11 is 1.87. The molecule has 2 aromatic rings. The Morgan fingerprint density at radius 3 is 2.71 bits per heavy atom. The van der Waals surface area contributed by atoms with E-state index in [4.69, 9.17) is 4.74 Å². The quantitative estimate of drug-likeness (QED) is 0.811. The summed E-state index contributed by atoms with van der Waals surface area (Å²) in [7, 11) is 0. The summed E-state index contributed by atoms with van der Waals surface area (Å²) in [6.45, 7) is 6.12. The van der Waals surface area contributed by atoms with Crippen molar-refractivity contribution in [2.45, 2.75) is 51.7 Å². The summed E-state index contributed by atoms with van der Waals surface area (Å²) in [4.78, 5) is 14.3. The second-order valence-corrected chi connectivity index (χ2v) is 7.33. The van der Waals surface area contributed by atoms with E-state index in [1.807, 2.05) is 11.3 Å². The summed E-state index contributed by atoms with van der Waals surface area (Å²) in [6, 6.07) is 0. The van der Waals surface area contributed by atoms with Crippen LogP contribution >= 0.6 is 11.3 Å². The molecule has 1 saturated heterocycles. The third-order valence-corrected chi connectivity index (χ3v) is 5.65. The van der Waals surface area contributed by atoms with Gasteiger partial charge in [0.15, 0.2) is 0 Å². The number of fused-ring (bicyclic) bond motifs is 3. The van der Waals surface area contributed by atoms with Crippen LogP contribution in [0, 0.1) is 0 Å².